The van der Waals surface area contributed by atoms with E-state index in [9.17, 15) is 9.50 Å². The molecule has 0 bridgehead atoms. The predicted octanol–water partition coefficient (Wildman–Crippen LogP) is 5.46. The number of halogens is 1. The maximum Gasteiger partial charge on any atom is 0.130 e. The van der Waals surface area contributed by atoms with Crippen molar-refractivity contribution in [3.8, 4) is 5.75 Å². The van der Waals surface area contributed by atoms with E-state index in [4.69, 9.17) is 9.72 Å². The third-order valence-electron chi connectivity index (χ3n) is 6.19. The number of hydrogen-bond donors (Lipinski definition) is 2. The first-order valence-corrected chi connectivity index (χ1v) is 10.3. The predicted molar refractivity (Wildman–Crippen MR) is 116 cm³/mol. The highest BCUT2D eigenvalue weighted by Gasteiger charge is 2.35. The van der Waals surface area contributed by atoms with Gasteiger partial charge in [-0.25, -0.2) is 4.39 Å². The first-order chi connectivity index (χ1) is 14.4. The smallest absolute Gasteiger partial charge is 0.130 e. The molecule has 2 heterocycles. The number of aliphatic hydroxyl groups excluding tert-OH is 1. The van der Waals surface area contributed by atoms with Crippen LogP contribution in [0.15, 0.2) is 42.5 Å². The lowest BCUT2D eigenvalue weighted by atomic mass is 9.74. The summed E-state index contributed by atoms with van der Waals surface area (Å²) in [6.45, 7) is 4.31. The third kappa shape index (κ3) is 3.05. The highest BCUT2D eigenvalue weighted by molar-refractivity contribution is 6.10. The van der Waals surface area contributed by atoms with E-state index < -0.39 is 6.10 Å². The molecule has 0 fully saturated rings. The number of fused-ring (bicyclic) bond motifs is 5. The van der Waals surface area contributed by atoms with Crippen molar-refractivity contribution in [1.29, 1.82) is 0 Å². The SMILES string of the molecule is COc1ccc(Cc2nc3c(c4c2[nH]c2ccccc24)C(O)CC(C)(C)C3)c(F)c1. The van der Waals surface area contributed by atoms with Gasteiger partial charge in [0, 0.05) is 40.0 Å². The molecule has 154 valence electrons. The minimum atomic E-state index is -0.565. The number of methoxy groups -OCH3 is 1. The van der Waals surface area contributed by atoms with Gasteiger partial charge in [-0.1, -0.05) is 38.1 Å². The lowest BCUT2D eigenvalue weighted by molar-refractivity contribution is 0.0997. The monoisotopic (exact) mass is 404 g/mol. The summed E-state index contributed by atoms with van der Waals surface area (Å²) in [5.41, 5.74) is 5.04. The first-order valence-electron chi connectivity index (χ1n) is 10.3. The summed E-state index contributed by atoms with van der Waals surface area (Å²) >= 11 is 0. The number of H-pyrrole nitrogens is 1. The number of pyridine rings is 1. The zero-order valence-electron chi connectivity index (χ0n) is 17.4. The second-order valence-corrected chi connectivity index (χ2v) is 9.03. The zero-order valence-corrected chi connectivity index (χ0v) is 17.4. The van der Waals surface area contributed by atoms with Crippen molar-refractivity contribution in [1.82, 2.24) is 9.97 Å². The lowest BCUT2D eigenvalue weighted by Gasteiger charge is -2.34. The Morgan fingerprint density at radius 3 is 2.80 bits per heavy atom. The standard InChI is InChI=1S/C25H25FN2O2/c1-25(2)12-20-23(21(29)13-25)22-16-6-4-5-7-18(16)28-24(22)19(27-20)10-14-8-9-15(30-3)11-17(14)26/h4-9,11,21,28-29H,10,12-13H2,1-3H3. The molecule has 2 aromatic carbocycles. The van der Waals surface area contributed by atoms with E-state index in [1.165, 1.54) is 13.2 Å². The van der Waals surface area contributed by atoms with Crippen LogP contribution in [0, 0.1) is 11.2 Å². The van der Waals surface area contributed by atoms with Crippen LogP contribution in [-0.4, -0.2) is 22.2 Å². The Kier molecular flexibility index (Phi) is 4.33. The summed E-state index contributed by atoms with van der Waals surface area (Å²) in [7, 11) is 1.53. The van der Waals surface area contributed by atoms with E-state index in [0.29, 0.717) is 24.2 Å². The molecule has 0 saturated carbocycles. The van der Waals surface area contributed by atoms with Crippen LogP contribution in [-0.2, 0) is 12.8 Å². The molecule has 5 heteroatoms. The van der Waals surface area contributed by atoms with Crippen molar-refractivity contribution in [3.05, 3.63) is 70.8 Å². The molecule has 1 aliphatic rings. The van der Waals surface area contributed by atoms with Crippen molar-refractivity contribution in [3.63, 3.8) is 0 Å². The maximum atomic E-state index is 14.7. The number of rotatable bonds is 3. The molecule has 0 radical (unpaired) electrons. The van der Waals surface area contributed by atoms with E-state index in [0.717, 1.165) is 45.2 Å². The van der Waals surface area contributed by atoms with Crippen molar-refractivity contribution in [2.45, 2.75) is 39.2 Å². The normalized spacial score (nSPS) is 18.0. The summed E-state index contributed by atoms with van der Waals surface area (Å²) in [4.78, 5) is 8.45. The van der Waals surface area contributed by atoms with Gasteiger partial charge in [0.25, 0.3) is 0 Å². The number of aliphatic hydroxyl groups is 1. The molecule has 30 heavy (non-hydrogen) atoms. The Morgan fingerprint density at radius 2 is 2.03 bits per heavy atom. The Bertz CT molecular complexity index is 1280. The van der Waals surface area contributed by atoms with Gasteiger partial charge in [-0.3, -0.25) is 4.98 Å². The van der Waals surface area contributed by atoms with Crippen LogP contribution in [0.4, 0.5) is 4.39 Å². The highest BCUT2D eigenvalue weighted by atomic mass is 19.1. The molecule has 2 N–H and O–H groups in total. The van der Waals surface area contributed by atoms with Gasteiger partial charge < -0.3 is 14.8 Å². The number of para-hydroxylation sites is 1. The van der Waals surface area contributed by atoms with Crippen LogP contribution >= 0.6 is 0 Å². The number of benzene rings is 2. The molecule has 1 atom stereocenters. The molecule has 1 unspecified atom stereocenters. The summed E-state index contributed by atoms with van der Waals surface area (Å²) in [5.74, 6) is 0.189. The Hall–Kier alpha value is -2.92. The van der Waals surface area contributed by atoms with E-state index in [1.54, 1.807) is 12.1 Å². The van der Waals surface area contributed by atoms with E-state index in [1.807, 2.05) is 18.2 Å². The first kappa shape index (κ1) is 19.1. The lowest BCUT2D eigenvalue weighted by Crippen LogP contribution is -2.27. The minimum absolute atomic E-state index is 0.0398. The number of hydrogen-bond acceptors (Lipinski definition) is 3. The Labute approximate surface area is 174 Å². The second kappa shape index (κ2) is 6.81. The third-order valence-corrected chi connectivity index (χ3v) is 6.19. The fraction of sp³-hybridized carbons (Fsp3) is 0.320. The minimum Gasteiger partial charge on any atom is -0.497 e. The average Bonchev–Trinajstić information content (AvgIpc) is 3.08. The summed E-state index contributed by atoms with van der Waals surface area (Å²) < 4.78 is 19.8. The molecule has 4 nitrogen and oxygen atoms in total. The fourth-order valence-corrected chi connectivity index (χ4v) is 4.81. The van der Waals surface area contributed by atoms with Gasteiger partial charge in [0.1, 0.15) is 11.6 Å². The van der Waals surface area contributed by atoms with Crippen molar-refractivity contribution in [2.75, 3.05) is 7.11 Å². The Balaban J connectivity index is 1.75. The van der Waals surface area contributed by atoms with Crippen LogP contribution in [0.3, 0.4) is 0 Å². The van der Waals surface area contributed by atoms with Gasteiger partial charge in [0.2, 0.25) is 0 Å². The number of ether oxygens (including phenoxy) is 1. The molecule has 2 aromatic heterocycles. The highest BCUT2D eigenvalue weighted by Crippen LogP contribution is 2.45. The van der Waals surface area contributed by atoms with Gasteiger partial charge in [-0.05, 0) is 36.0 Å². The molecular weight excluding hydrogens is 379 g/mol. The van der Waals surface area contributed by atoms with Crippen molar-refractivity contribution in [2.24, 2.45) is 5.41 Å². The van der Waals surface area contributed by atoms with E-state index in [2.05, 4.69) is 24.9 Å². The van der Waals surface area contributed by atoms with Gasteiger partial charge >= 0.3 is 0 Å². The largest absolute Gasteiger partial charge is 0.497 e. The van der Waals surface area contributed by atoms with Crippen LogP contribution in [0.1, 0.15) is 48.9 Å². The molecule has 0 aliphatic heterocycles. The van der Waals surface area contributed by atoms with Gasteiger partial charge in [0.15, 0.2) is 0 Å². The van der Waals surface area contributed by atoms with Gasteiger partial charge in [-0.2, -0.15) is 0 Å². The number of nitrogens with one attached hydrogen (secondary N) is 1. The second-order valence-electron chi connectivity index (χ2n) is 9.03. The molecular formula is C25H25FN2O2. The quantitative estimate of drug-likeness (QED) is 0.477. The summed E-state index contributed by atoms with van der Waals surface area (Å²) in [6.07, 6.45) is 1.28. The molecule has 0 amide bonds. The number of aromatic amines is 1. The van der Waals surface area contributed by atoms with Crippen LogP contribution in [0.5, 0.6) is 5.75 Å². The van der Waals surface area contributed by atoms with Crippen LogP contribution < -0.4 is 4.74 Å². The van der Waals surface area contributed by atoms with Gasteiger partial charge in [0.05, 0.1) is 24.4 Å². The van der Waals surface area contributed by atoms with Crippen molar-refractivity contribution < 1.29 is 14.2 Å². The maximum absolute atomic E-state index is 14.7. The number of aromatic nitrogens is 2. The molecule has 4 aromatic rings. The summed E-state index contributed by atoms with van der Waals surface area (Å²) in [5, 5.41) is 13.1. The molecule has 1 aliphatic carbocycles. The average molecular weight is 404 g/mol. The van der Waals surface area contributed by atoms with Crippen molar-refractivity contribution >= 4 is 21.8 Å². The van der Waals surface area contributed by atoms with E-state index in [-0.39, 0.29) is 11.2 Å². The van der Waals surface area contributed by atoms with Crippen LogP contribution in [0.2, 0.25) is 0 Å². The number of nitrogens with zero attached hydrogens (tertiary/aromatic N) is 1. The summed E-state index contributed by atoms with van der Waals surface area (Å²) in [6, 6.07) is 13.0. The topological polar surface area (TPSA) is 58.1 Å². The van der Waals surface area contributed by atoms with Gasteiger partial charge in [-0.15, -0.1) is 0 Å². The van der Waals surface area contributed by atoms with E-state index >= 15 is 0 Å². The fourth-order valence-electron chi connectivity index (χ4n) is 4.81. The van der Waals surface area contributed by atoms with Crippen LogP contribution in [0.25, 0.3) is 21.8 Å². The molecule has 5 rings (SSSR count). The Morgan fingerprint density at radius 1 is 1.23 bits per heavy atom. The molecule has 0 spiro atoms. The zero-order chi connectivity index (χ0) is 21.0. The molecule has 0 saturated heterocycles.